The lowest BCUT2D eigenvalue weighted by molar-refractivity contribution is -0.130. The Hall–Kier alpha value is -4.66. The molecule has 0 radical (unpaired) electrons. The van der Waals surface area contributed by atoms with Gasteiger partial charge in [-0.1, -0.05) is 42.5 Å². The van der Waals surface area contributed by atoms with Crippen LogP contribution in [0.15, 0.2) is 71.7 Å². The van der Waals surface area contributed by atoms with Crippen molar-refractivity contribution in [2.45, 2.75) is 78.4 Å². The van der Waals surface area contributed by atoms with Crippen LogP contribution in [-0.4, -0.2) is 48.9 Å². The molecule has 1 aliphatic rings. The summed E-state index contributed by atoms with van der Waals surface area (Å²) in [6, 6.07) is 20.6. The Morgan fingerprint density at radius 2 is 1.68 bits per heavy atom. The first-order valence-electron chi connectivity index (χ1n) is 16.4. The minimum Gasteiger partial charge on any atom is -0.444 e. The number of anilines is 2. The van der Waals surface area contributed by atoms with Crippen molar-refractivity contribution in [3.05, 3.63) is 83.4 Å². The van der Waals surface area contributed by atoms with E-state index in [4.69, 9.17) is 10.5 Å². The van der Waals surface area contributed by atoms with Gasteiger partial charge in [-0.3, -0.25) is 14.6 Å². The minimum atomic E-state index is -0.787. The third-order valence-corrected chi connectivity index (χ3v) is 8.63. The van der Waals surface area contributed by atoms with Crippen molar-refractivity contribution < 1.29 is 19.1 Å². The molecule has 1 aliphatic carbocycles. The fourth-order valence-electron chi connectivity index (χ4n) is 5.87. The van der Waals surface area contributed by atoms with E-state index in [0.29, 0.717) is 37.2 Å². The molecule has 3 aromatic carbocycles. The first kappa shape index (κ1) is 35.2. The Labute approximate surface area is 278 Å². The summed E-state index contributed by atoms with van der Waals surface area (Å²) in [5.41, 5.74) is 12.8. The van der Waals surface area contributed by atoms with Gasteiger partial charge in [0.05, 0.1) is 0 Å². The molecule has 250 valence electrons. The largest absolute Gasteiger partial charge is 0.444 e. The number of aliphatic imine (C=N–C) groups is 1. The average Bonchev–Trinajstić information content (AvgIpc) is 3.04. The molecule has 47 heavy (non-hydrogen) atoms. The van der Waals surface area contributed by atoms with Gasteiger partial charge in [0.1, 0.15) is 11.6 Å². The molecule has 0 aromatic heterocycles. The van der Waals surface area contributed by atoms with E-state index in [-0.39, 0.29) is 23.7 Å². The van der Waals surface area contributed by atoms with E-state index in [2.05, 4.69) is 27.0 Å². The molecule has 3 aromatic rings. The van der Waals surface area contributed by atoms with Crippen LogP contribution in [0, 0.1) is 18.8 Å². The van der Waals surface area contributed by atoms with Crippen molar-refractivity contribution >= 4 is 35.0 Å². The van der Waals surface area contributed by atoms with Crippen LogP contribution in [0.4, 0.5) is 16.2 Å². The second-order valence-corrected chi connectivity index (χ2v) is 13.5. The van der Waals surface area contributed by atoms with E-state index in [0.717, 1.165) is 46.4 Å². The van der Waals surface area contributed by atoms with Crippen LogP contribution in [0.25, 0.3) is 11.1 Å². The summed E-state index contributed by atoms with van der Waals surface area (Å²) >= 11 is 0. The highest BCUT2D eigenvalue weighted by molar-refractivity contribution is 6.00. The monoisotopic (exact) mass is 639 g/mol. The lowest BCUT2D eigenvalue weighted by Crippen LogP contribution is -2.48. The van der Waals surface area contributed by atoms with E-state index in [9.17, 15) is 14.4 Å². The van der Waals surface area contributed by atoms with Gasteiger partial charge in [-0.05, 0) is 118 Å². The Balaban J connectivity index is 1.46. The fourth-order valence-corrected chi connectivity index (χ4v) is 5.87. The van der Waals surface area contributed by atoms with Crippen LogP contribution in [0.3, 0.4) is 0 Å². The quantitative estimate of drug-likeness (QED) is 0.145. The molecule has 9 nitrogen and oxygen atoms in total. The molecule has 5 N–H and O–H groups in total. The highest BCUT2D eigenvalue weighted by Gasteiger charge is 2.30. The smallest absolute Gasteiger partial charge is 0.407 e. The number of nitrogens with one attached hydrogen (secondary N) is 3. The average molecular weight is 640 g/mol. The molecule has 3 amide bonds. The summed E-state index contributed by atoms with van der Waals surface area (Å²) < 4.78 is 5.35. The molecule has 1 saturated carbocycles. The first-order chi connectivity index (χ1) is 22.3. The number of hydrogen-bond acceptors (Lipinski definition) is 6. The van der Waals surface area contributed by atoms with Crippen LogP contribution < -0.4 is 21.7 Å². The molecule has 1 fully saturated rings. The first-order valence-corrected chi connectivity index (χ1v) is 16.4. The molecule has 1 atom stereocenters. The van der Waals surface area contributed by atoms with E-state index in [1.54, 1.807) is 7.05 Å². The number of nitrogens with two attached hydrogens (primary N) is 1. The van der Waals surface area contributed by atoms with E-state index in [1.165, 1.54) is 0 Å². The normalized spacial score (nSPS) is 17.4. The standard InChI is InChI=1S/C38H49N5O4/c1-24-10-17-31(39)22-33(24)30-9-7-8-27(20-30)21-34(36(45)42-32-18-15-28(16-19-32)25(2)40-6)43-35(44)29-13-11-26(12-14-29)23-41-37(46)47-38(3,4)5/h7-10,15-20,22,26,29,34H,11-14,21,23,39H2,1-6H3,(H,41,46)(H,42,45)(H,43,44)/t26?,29?,34-/m0/s1. The van der Waals surface area contributed by atoms with Crippen LogP contribution >= 0.6 is 0 Å². The number of carbonyl (C=O) groups excluding carboxylic acids is 3. The second kappa shape index (κ2) is 15.8. The Morgan fingerprint density at radius 3 is 2.34 bits per heavy atom. The third kappa shape index (κ3) is 10.4. The minimum absolute atomic E-state index is 0.128. The molecule has 0 unspecified atom stereocenters. The van der Waals surface area contributed by atoms with Gasteiger partial charge in [0.25, 0.3) is 0 Å². The summed E-state index contributed by atoms with van der Waals surface area (Å²) in [6.07, 6.45) is 2.87. The number of hydrogen-bond donors (Lipinski definition) is 4. The molecule has 0 aliphatic heterocycles. The number of rotatable bonds is 10. The van der Waals surface area contributed by atoms with Crippen LogP contribution in [0.2, 0.25) is 0 Å². The number of nitrogen functional groups attached to an aromatic ring is 1. The van der Waals surface area contributed by atoms with E-state index < -0.39 is 17.7 Å². The molecule has 9 heteroatoms. The van der Waals surface area contributed by atoms with Gasteiger partial charge in [0, 0.05) is 43.0 Å². The van der Waals surface area contributed by atoms with Crippen molar-refractivity contribution in [1.82, 2.24) is 10.6 Å². The summed E-state index contributed by atoms with van der Waals surface area (Å²) in [5, 5.41) is 8.95. The van der Waals surface area contributed by atoms with Crippen molar-refractivity contribution in [3.8, 4) is 11.1 Å². The summed E-state index contributed by atoms with van der Waals surface area (Å²) in [6.45, 7) is 9.99. The second-order valence-electron chi connectivity index (χ2n) is 13.5. The van der Waals surface area contributed by atoms with Gasteiger partial charge < -0.3 is 26.4 Å². The molecule has 4 rings (SSSR count). The Kier molecular flexibility index (Phi) is 11.8. The Morgan fingerprint density at radius 1 is 0.979 bits per heavy atom. The van der Waals surface area contributed by atoms with E-state index in [1.807, 2.05) is 95.3 Å². The van der Waals surface area contributed by atoms with Gasteiger partial charge in [-0.25, -0.2) is 4.79 Å². The molecular weight excluding hydrogens is 590 g/mol. The SMILES string of the molecule is CN=C(C)c1ccc(NC(=O)[C@H](Cc2cccc(-c3cc(N)ccc3C)c2)NC(=O)C2CCC(CNC(=O)OC(C)(C)C)CC2)cc1. The number of ether oxygens (including phenoxy) is 1. The van der Waals surface area contributed by atoms with Gasteiger partial charge >= 0.3 is 6.09 Å². The third-order valence-electron chi connectivity index (χ3n) is 8.63. The Bertz CT molecular complexity index is 1580. The van der Waals surface area contributed by atoms with Crippen molar-refractivity contribution in [3.63, 3.8) is 0 Å². The zero-order valence-corrected chi connectivity index (χ0v) is 28.5. The number of alkyl carbamates (subject to hydrolysis) is 1. The zero-order valence-electron chi connectivity index (χ0n) is 28.5. The number of amides is 3. The fraction of sp³-hybridized carbons (Fsp3) is 0.421. The van der Waals surface area contributed by atoms with Gasteiger partial charge in [0.2, 0.25) is 11.8 Å². The lowest BCUT2D eigenvalue weighted by atomic mass is 9.81. The number of benzene rings is 3. The molecule has 0 saturated heterocycles. The van der Waals surface area contributed by atoms with Crippen LogP contribution in [0.1, 0.15) is 70.1 Å². The van der Waals surface area contributed by atoms with Gasteiger partial charge in [-0.2, -0.15) is 0 Å². The summed E-state index contributed by atoms with van der Waals surface area (Å²) in [5.74, 6) is -0.349. The zero-order chi connectivity index (χ0) is 34.1. The topological polar surface area (TPSA) is 135 Å². The van der Waals surface area contributed by atoms with Crippen molar-refractivity contribution in [2.24, 2.45) is 16.8 Å². The summed E-state index contributed by atoms with van der Waals surface area (Å²) in [7, 11) is 1.74. The maximum absolute atomic E-state index is 13.7. The highest BCUT2D eigenvalue weighted by atomic mass is 16.6. The van der Waals surface area contributed by atoms with Crippen LogP contribution in [-0.2, 0) is 20.7 Å². The van der Waals surface area contributed by atoms with Crippen LogP contribution in [0.5, 0.6) is 0 Å². The number of aryl methyl sites for hydroxylation is 1. The number of nitrogens with zero attached hydrogens (tertiary/aromatic N) is 1. The maximum Gasteiger partial charge on any atom is 0.407 e. The highest BCUT2D eigenvalue weighted by Crippen LogP contribution is 2.30. The predicted octanol–water partition coefficient (Wildman–Crippen LogP) is 6.68. The lowest BCUT2D eigenvalue weighted by Gasteiger charge is -2.29. The summed E-state index contributed by atoms with van der Waals surface area (Å²) in [4.78, 5) is 43.7. The molecule has 0 heterocycles. The molecule has 0 spiro atoms. The van der Waals surface area contributed by atoms with Crippen molar-refractivity contribution in [2.75, 3.05) is 24.6 Å². The van der Waals surface area contributed by atoms with Gasteiger partial charge in [0.15, 0.2) is 0 Å². The van der Waals surface area contributed by atoms with Crippen molar-refractivity contribution in [1.29, 1.82) is 0 Å². The maximum atomic E-state index is 13.7. The molecule has 0 bridgehead atoms. The number of carbonyl (C=O) groups is 3. The van der Waals surface area contributed by atoms with E-state index >= 15 is 0 Å². The predicted molar refractivity (Wildman–Crippen MR) is 190 cm³/mol. The molecular formula is C38H49N5O4. The van der Waals surface area contributed by atoms with Gasteiger partial charge in [-0.15, -0.1) is 0 Å².